The number of benzene rings is 1. The number of hydrogen-bond acceptors (Lipinski definition) is 4. The predicted octanol–water partition coefficient (Wildman–Crippen LogP) is 0.870. The molecule has 0 aromatic heterocycles. The van der Waals surface area contributed by atoms with E-state index in [1.165, 1.54) is 10.4 Å². The van der Waals surface area contributed by atoms with E-state index < -0.39 is 21.8 Å². The highest BCUT2D eigenvalue weighted by atomic mass is 35.5. The number of carboxylic acids is 1. The SMILES string of the molecule is O=C(O)CN1CCN(S(=O)(=O)c2ccc(F)c(Cl)c2)CC1. The second kappa shape index (κ2) is 6.27. The van der Waals surface area contributed by atoms with Gasteiger partial charge in [0.25, 0.3) is 0 Å². The van der Waals surface area contributed by atoms with Crippen LogP contribution in [0.2, 0.25) is 5.02 Å². The van der Waals surface area contributed by atoms with Crippen molar-refractivity contribution in [3.63, 3.8) is 0 Å². The van der Waals surface area contributed by atoms with E-state index in [0.29, 0.717) is 13.1 Å². The number of halogens is 2. The number of rotatable bonds is 4. The lowest BCUT2D eigenvalue weighted by atomic mass is 10.3. The van der Waals surface area contributed by atoms with Gasteiger partial charge >= 0.3 is 5.97 Å². The summed E-state index contributed by atoms with van der Waals surface area (Å²) in [7, 11) is -3.75. The molecular weight excluding hydrogens is 323 g/mol. The van der Waals surface area contributed by atoms with Crippen molar-refractivity contribution < 1.29 is 22.7 Å². The number of carbonyl (C=O) groups is 1. The van der Waals surface area contributed by atoms with E-state index in [-0.39, 0.29) is 29.6 Å². The minimum Gasteiger partial charge on any atom is -0.480 e. The van der Waals surface area contributed by atoms with Crippen molar-refractivity contribution in [2.45, 2.75) is 4.90 Å². The first-order chi connectivity index (χ1) is 9.80. The van der Waals surface area contributed by atoms with E-state index in [1.54, 1.807) is 4.90 Å². The van der Waals surface area contributed by atoms with Gasteiger partial charge < -0.3 is 5.11 Å². The van der Waals surface area contributed by atoms with Gasteiger partial charge in [0.2, 0.25) is 10.0 Å². The van der Waals surface area contributed by atoms with Gasteiger partial charge in [0, 0.05) is 26.2 Å². The van der Waals surface area contributed by atoms with Gasteiger partial charge in [-0.1, -0.05) is 11.6 Å². The average Bonchev–Trinajstić information content (AvgIpc) is 2.41. The van der Waals surface area contributed by atoms with Crippen LogP contribution in [0.15, 0.2) is 23.1 Å². The Kier molecular flexibility index (Phi) is 4.82. The summed E-state index contributed by atoms with van der Waals surface area (Å²) < 4.78 is 39.1. The summed E-state index contributed by atoms with van der Waals surface area (Å²) in [5.74, 6) is -1.63. The normalized spacial score (nSPS) is 17.8. The Hall–Kier alpha value is -1.22. The van der Waals surface area contributed by atoms with Crippen LogP contribution in [0, 0.1) is 5.82 Å². The first-order valence-electron chi connectivity index (χ1n) is 6.20. The van der Waals surface area contributed by atoms with Crippen LogP contribution in [0.4, 0.5) is 4.39 Å². The molecule has 6 nitrogen and oxygen atoms in total. The van der Waals surface area contributed by atoms with E-state index in [9.17, 15) is 17.6 Å². The molecule has 1 fully saturated rings. The van der Waals surface area contributed by atoms with Gasteiger partial charge in [0.15, 0.2) is 0 Å². The molecule has 9 heteroatoms. The molecule has 0 saturated carbocycles. The molecular formula is C12H14ClFN2O4S. The quantitative estimate of drug-likeness (QED) is 0.882. The average molecular weight is 337 g/mol. The lowest BCUT2D eigenvalue weighted by Gasteiger charge is -2.33. The predicted molar refractivity (Wildman–Crippen MR) is 74.2 cm³/mol. The van der Waals surface area contributed by atoms with Gasteiger partial charge in [-0.05, 0) is 18.2 Å². The fourth-order valence-corrected chi connectivity index (χ4v) is 3.80. The smallest absolute Gasteiger partial charge is 0.317 e. The molecule has 1 saturated heterocycles. The molecule has 116 valence electrons. The maximum Gasteiger partial charge on any atom is 0.317 e. The minimum atomic E-state index is -3.75. The summed E-state index contributed by atoms with van der Waals surface area (Å²) in [6, 6.07) is 3.26. The standard InChI is InChI=1S/C12H14ClFN2O4S/c13-10-7-9(1-2-11(10)14)21(19,20)16-5-3-15(4-6-16)8-12(17)18/h1-2,7H,3-6,8H2,(H,17,18). The highest BCUT2D eigenvalue weighted by Gasteiger charge is 2.29. The van der Waals surface area contributed by atoms with E-state index in [0.717, 1.165) is 12.1 Å². The van der Waals surface area contributed by atoms with Crippen molar-refractivity contribution in [3.05, 3.63) is 29.0 Å². The van der Waals surface area contributed by atoms with Crippen LogP contribution in [-0.4, -0.2) is 61.4 Å². The molecule has 0 bridgehead atoms. The lowest BCUT2D eigenvalue weighted by Crippen LogP contribution is -2.49. The topological polar surface area (TPSA) is 77.9 Å². The number of piperazine rings is 1. The van der Waals surface area contributed by atoms with Gasteiger partial charge in [-0.15, -0.1) is 0 Å². The van der Waals surface area contributed by atoms with Gasteiger partial charge in [-0.2, -0.15) is 4.31 Å². The lowest BCUT2D eigenvalue weighted by molar-refractivity contribution is -0.138. The summed E-state index contributed by atoms with van der Waals surface area (Å²) in [4.78, 5) is 12.2. The zero-order valence-corrected chi connectivity index (χ0v) is 12.6. The summed E-state index contributed by atoms with van der Waals surface area (Å²) in [6.07, 6.45) is 0. The van der Waals surface area contributed by atoms with Crippen molar-refractivity contribution in [2.24, 2.45) is 0 Å². The molecule has 0 spiro atoms. The van der Waals surface area contributed by atoms with Crippen molar-refractivity contribution in [1.82, 2.24) is 9.21 Å². The van der Waals surface area contributed by atoms with Gasteiger partial charge in [-0.3, -0.25) is 9.69 Å². The molecule has 1 N–H and O–H groups in total. The Balaban J connectivity index is 2.11. The van der Waals surface area contributed by atoms with Crippen LogP contribution in [0.25, 0.3) is 0 Å². The summed E-state index contributed by atoms with van der Waals surface area (Å²) in [6.45, 7) is 0.923. The third-order valence-corrected chi connectivity index (χ3v) is 5.40. The molecule has 0 radical (unpaired) electrons. The molecule has 0 unspecified atom stereocenters. The van der Waals surface area contributed by atoms with Crippen molar-refractivity contribution >= 4 is 27.6 Å². The van der Waals surface area contributed by atoms with Crippen molar-refractivity contribution in [2.75, 3.05) is 32.7 Å². The third kappa shape index (κ3) is 3.70. The molecule has 0 atom stereocenters. The fraction of sp³-hybridized carbons (Fsp3) is 0.417. The maximum absolute atomic E-state index is 13.1. The number of nitrogens with zero attached hydrogens (tertiary/aromatic N) is 2. The Morgan fingerprint density at radius 3 is 2.43 bits per heavy atom. The van der Waals surface area contributed by atoms with E-state index >= 15 is 0 Å². The number of aliphatic carboxylic acids is 1. The molecule has 1 aliphatic rings. The zero-order chi connectivity index (χ0) is 15.6. The molecule has 1 aliphatic heterocycles. The highest BCUT2D eigenvalue weighted by molar-refractivity contribution is 7.89. The van der Waals surface area contributed by atoms with Gasteiger partial charge in [0.05, 0.1) is 16.5 Å². The Bertz CT molecular complexity index is 645. The number of carboxylic acid groups (broad SMARTS) is 1. The number of sulfonamides is 1. The number of hydrogen-bond donors (Lipinski definition) is 1. The fourth-order valence-electron chi connectivity index (χ4n) is 2.11. The van der Waals surface area contributed by atoms with Crippen LogP contribution < -0.4 is 0 Å². The van der Waals surface area contributed by atoms with E-state index in [2.05, 4.69) is 0 Å². The first kappa shape index (κ1) is 16.2. The Labute approximate surface area is 126 Å². The first-order valence-corrected chi connectivity index (χ1v) is 8.02. The van der Waals surface area contributed by atoms with Gasteiger partial charge in [-0.25, -0.2) is 12.8 Å². The van der Waals surface area contributed by atoms with Gasteiger partial charge in [0.1, 0.15) is 5.82 Å². The van der Waals surface area contributed by atoms with Crippen LogP contribution in [0.5, 0.6) is 0 Å². The maximum atomic E-state index is 13.1. The zero-order valence-electron chi connectivity index (χ0n) is 11.0. The highest BCUT2D eigenvalue weighted by Crippen LogP contribution is 2.23. The molecule has 1 aromatic carbocycles. The van der Waals surface area contributed by atoms with Crippen LogP contribution in [-0.2, 0) is 14.8 Å². The summed E-state index contributed by atoms with van der Waals surface area (Å²) >= 11 is 5.61. The molecule has 1 heterocycles. The third-order valence-electron chi connectivity index (χ3n) is 3.22. The van der Waals surface area contributed by atoms with Crippen molar-refractivity contribution in [1.29, 1.82) is 0 Å². The second-order valence-electron chi connectivity index (χ2n) is 4.65. The Morgan fingerprint density at radius 2 is 1.90 bits per heavy atom. The second-order valence-corrected chi connectivity index (χ2v) is 7.00. The summed E-state index contributed by atoms with van der Waals surface area (Å²) in [5, 5.41) is 8.45. The minimum absolute atomic E-state index is 0.0689. The molecule has 2 rings (SSSR count). The molecule has 21 heavy (non-hydrogen) atoms. The molecule has 0 aliphatic carbocycles. The van der Waals surface area contributed by atoms with Crippen LogP contribution in [0.1, 0.15) is 0 Å². The molecule has 1 aromatic rings. The van der Waals surface area contributed by atoms with E-state index in [4.69, 9.17) is 16.7 Å². The summed E-state index contributed by atoms with van der Waals surface area (Å²) in [5.41, 5.74) is 0. The molecule has 0 amide bonds. The monoisotopic (exact) mass is 336 g/mol. The van der Waals surface area contributed by atoms with Crippen LogP contribution >= 0.6 is 11.6 Å². The largest absolute Gasteiger partial charge is 0.480 e. The van der Waals surface area contributed by atoms with Crippen LogP contribution in [0.3, 0.4) is 0 Å². The van der Waals surface area contributed by atoms with E-state index in [1.807, 2.05) is 0 Å². The van der Waals surface area contributed by atoms with Crippen molar-refractivity contribution in [3.8, 4) is 0 Å². The Morgan fingerprint density at radius 1 is 1.29 bits per heavy atom.